The van der Waals surface area contributed by atoms with Gasteiger partial charge in [-0.3, -0.25) is 9.78 Å². The third kappa shape index (κ3) is 4.36. The van der Waals surface area contributed by atoms with Crippen molar-refractivity contribution < 1.29 is 9.53 Å². The summed E-state index contributed by atoms with van der Waals surface area (Å²) >= 11 is 0. The first kappa shape index (κ1) is 22.1. The Morgan fingerprint density at radius 2 is 1.89 bits per heavy atom. The Labute approximate surface area is 207 Å². The van der Waals surface area contributed by atoms with Crippen LogP contribution in [0, 0.1) is 0 Å². The van der Waals surface area contributed by atoms with Crippen molar-refractivity contribution in [3.05, 3.63) is 72.9 Å². The summed E-state index contributed by atoms with van der Waals surface area (Å²) in [5.41, 5.74) is 4.06. The number of hydrogen-bond acceptors (Lipinski definition) is 7. The summed E-state index contributed by atoms with van der Waals surface area (Å²) in [6.07, 6.45) is 8.77. The number of fused-ring (bicyclic) bond motifs is 2. The number of ether oxygens (including phenoxy) is 1. The van der Waals surface area contributed by atoms with Crippen molar-refractivity contribution >= 4 is 33.7 Å². The molecule has 0 spiro atoms. The van der Waals surface area contributed by atoms with E-state index in [1.807, 2.05) is 24.4 Å². The molecule has 0 radical (unpaired) electrons. The average Bonchev–Trinajstić information content (AvgIpc) is 3.34. The number of rotatable bonds is 5. The highest BCUT2D eigenvalue weighted by molar-refractivity contribution is 6.04. The number of aromatic amines is 1. The predicted molar refractivity (Wildman–Crippen MR) is 138 cm³/mol. The number of nitrogens with zero attached hydrogens (tertiary/aromatic N) is 5. The van der Waals surface area contributed by atoms with Crippen LogP contribution in [-0.2, 0) is 0 Å². The fraction of sp³-hybridized carbons (Fsp3) is 0.222. The van der Waals surface area contributed by atoms with Gasteiger partial charge in [-0.15, -0.1) is 0 Å². The first-order valence-corrected chi connectivity index (χ1v) is 11.9. The van der Waals surface area contributed by atoms with E-state index in [0.29, 0.717) is 22.9 Å². The van der Waals surface area contributed by atoms with Gasteiger partial charge in [0, 0.05) is 48.2 Å². The van der Waals surface area contributed by atoms with Gasteiger partial charge in [0.05, 0.1) is 10.9 Å². The Hall–Kier alpha value is -4.37. The molecular weight excluding hydrogens is 454 g/mol. The molecule has 9 nitrogen and oxygen atoms in total. The lowest BCUT2D eigenvalue weighted by atomic mass is 10.0. The Morgan fingerprint density at radius 3 is 2.72 bits per heavy atom. The van der Waals surface area contributed by atoms with Crippen molar-refractivity contribution in [2.24, 2.45) is 0 Å². The maximum absolute atomic E-state index is 12.5. The number of benzene rings is 1. The highest BCUT2D eigenvalue weighted by Crippen LogP contribution is 2.33. The molecule has 180 valence electrons. The van der Waals surface area contributed by atoms with E-state index in [-0.39, 0.29) is 12.0 Å². The number of piperidine rings is 1. The Balaban J connectivity index is 1.29. The lowest BCUT2D eigenvalue weighted by Crippen LogP contribution is -2.35. The summed E-state index contributed by atoms with van der Waals surface area (Å²) in [5.74, 6) is 0.858. The molecule has 0 aliphatic carbocycles. The van der Waals surface area contributed by atoms with Crippen LogP contribution in [0.2, 0.25) is 0 Å². The third-order valence-electron chi connectivity index (χ3n) is 6.58. The molecule has 1 aromatic carbocycles. The molecule has 0 unspecified atom stereocenters. The smallest absolute Gasteiger partial charge is 0.256 e. The molecule has 1 aliphatic heterocycles. The van der Waals surface area contributed by atoms with Gasteiger partial charge in [0.1, 0.15) is 23.9 Å². The van der Waals surface area contributed by atoms with Crippen LogP contribution < -0.4 is 10.1 Å². The van der Waals surface area contributed by atoms with E-state index in [1.165, 1.54) is 0 Å². The topological polar surface area (TPSA) is 109 Å². The van der Waals surface area contributed by atoms with E-state index in [4.69, 9.17) is 4.74 Å². The number of likely N-dealkylation sites (tertiary alicyclic amines) is 1. The summed E-state index contributed by atoms with van der Waals surface area (Å²) in [4.78, 5) is 35.5. The highest BCUT2D eigenvalue weighted by atomic mass is 16.5. The van der Waals surface area contributed by atoms with Crippen molar-refractivity contribution in [2.45, 2.75) is 18.9 Å². The highest BCUT2D eigenvalue weighted by Gasteiger charge is 2.20. The van der Waals surface area contributed by atoms with Crippen LogP contribution in [0.1, 0.15) is 23.2 Å². The SMILES string of the molecule is CN1CCC(Oc2ncnc3ccc(-c4c[nH]c5nc(NC(=O)c6ccncc6)ccc45)cc23)CC1. The molecule has 6 rings (SSSR count). The van der Waals surface area contributed by atoms with Gasteiger partial charge in [0.15, 0.2) is 0 Å². The largest absolute Gasteiger partial charge is 0.474 e. The zero-order valence-corrected chi connectivity index (χ0v) is 19.8. The van der Waals surface area contributed by atoms with E-state index < -0.39 is 0 Å². The number of pyridine rings is 2. The van der Waals surface area contributed by atoms with Crippen molar-refractivity contribution in [2.75, 3.05) is 25.5 Å². The second-order valence-corrected chi connectivity index (χ2v) is 9.02. The van der Waals surface area contributed by atoms with Crippen molar-refractivity contribution in [1.82, 2.24) is 29.8 Å². The maximum atomic E-state index is 12.5. The minimum atomic E-state index is -0.234. The number of nitrogens with one attached hydrogen (secondary N) is 2. The number of H-pyrrole nitrogens is 1. The molecule has 36 heavy (non-hydrogen) atoms. The van der Waals surface area contributed by atoms with Gasteiger partial charge in [-0.25, -0.2) is 15.0 Å². The number of amides is 1. The van der Waals surface area contributed by atoms with Crippen LogP contribution in [0.3, 0.4) is 0 Å². The van der Waals surface area contributed by atoms with Crippen LogP contribution >= 0.6 is 0 Å². The Kier molecular flexibility index (Phi) is 5.74. The minimum Gasteiger partial charge on any atom is -0.474 e. The fourth-order valence-corrected chi connectivity index (χ4v) is 4.56. The third-order valence-corrected chi connectivity index (χ3v) is 6.58. The van der Waals surface area contributed by atoms with Gasteiger partial charge in [0.25, 0.3) is 5.91 Å². The molecule has 1 aliphatic rings. The molecule has 4 aromatic heterocycles. The Morgan fingerprint density at radius 1 is 1.06 bits per heavy atom. The van der Waals surface area contributed by atoms with E-state index in [2.05, 4.69) is 48.3 Å². The van der Waals surface area contributed by atoms with Crippen molar-refractivity contribution in [3.63, 3.8) is 0 Å². The maximum Gasteiger partial charge on any atom is 0.256 e. The van der Waals surface area contributed by atoms with Crippen LogP contribution in [-0.4, -0.2) is 62.0 Å². The molecule has 1 saturated heterocycles. The van der Waals surface area contributed by atoms with Gasteiger partial charge in [0.2, 0.25) is 5.88 Å². The first-order valence-electron chi connectivity index (χ1n) is 11.9. The molecule has 5 aromatic rings. The predicted octanol–water partition coefficient (Wildman–Crippen LogP) is 4.29. The lowest BCUT2D eigenvalue weighted by molar-refractivity contribution is 0.102. The summed E-state index contributed by atoms with van der Waals surface area (Å²) < 4.78 is 6.32. The van der Waals surface area contributed by atoms with Gasteiger partial charge in [-0.05, 0) is 61.9 Å². The van der Waals surface area contributed by atoms with Crippen LogP contribution in [0.25, 0.3) is 33.1 Å². The second-order valence-electron chi connectivity index (χ2n) is 9.02. The molecule has 1 fully saturated rings. The van der Waals surface area contributed by atoms with Gasteiger partial charge in [-0.2, -0.15) is 0 Å². The zero-order chi connectivity index (χ0) is 24.5. The number of aromatic nitrogens is 5. The van der Waals surface area contributed by atoms with Gasteiger partial charge in [-0.1, -0.05) is 6.07 Å². The first-order chi connectivity index (χ1) is 17.6. The second kappa shape index (κ2) is 9.35. The Bertz CT molecular complexity index is 1540. The standard InChI is InChI=1S/C27H25N7O2/c1-34-12-8-19(9-13-34)36-27-21-14-18(2-4-23(21)30-16-31-27)22-15-29-25-20(22)3-5-24(32-25)33-26(35)17-6-10-28-11-7-17/h2-7,10-11,14-16,19H,8-9,12-13H2,1H3,(H2,29,32,33,35). The van der Waals surface area contributed by atoms with Crippen molar-refractivity contribution in [3.8, 4) is 17.0 Å². The van der Waals surface area contributed by atoms with E-state index in [1.54, 1.807) is 36.9 Å². The minimum absolute atomic E-state index is 0.154. The quantitative estimate of drug-likeness (QED) is 0.387. The van der Waals surface area contributed by atoms with Gasteiger partial charge >= 0.3 is 0 Å². The van der Waals surface area contributed by atoms with E-state index in [0.717, 1.165) is 53.3 Å². The number of carbonyl (C=O) groups is 1. The van der Waals surface area contributed by atoms with Crippen LogP contribution in [0.4, 0.5) is 5.82 Å². The molecule has 0 saturated carbocycles. The number of hydrogen-bond donors (Lipinski definition) is 2. The molecule has 0 atom stereocenters. The summed E-state index contributed by atoms with van der Waals surface area (Å²) in [6, 6.07) is 13.2. The average molecular weight is 480 g/mol. The van der Waals surface area contributed by atoms with E-state index in [9.17, 15) is 4.79 Å². The normalized spacial score (nSPS) is 14.8. The summed E-state index contributed by atoms with van der Waals surface area (Å²) in [7, 11) is 2.14. The van der Waals surface area contributed by atoms with Crippen LogP contribution in [0.15, 0.2) is 67.4 Å². The molecule has 5 heterocycles. The summed E-state index contributed by atoms with van der Waals surface area (Å²) in [6.45, 7) is 2.04. The van der Waals surface area contributed by atoms with Crippen molar-refractivity contribution in [1.29, 1.82) is 0 Å². The zero-order valence-electron chi connectivity index (χ0n) is 19.8. The molecule has 9 heteroatoms. The molecule has 1 amide bonds. The van der Waals surface area contributed by atoms with Crippen LogP contribution in [0.5, 0.6) is 5.88 Å². The monoisotopic (exact) mass is 479 g/mol. The number of carbonyl (C=O) groups excluding carboxylic acids is 1. The van der Waals surface area contributed by atoms with E-state index >= 15 is 0 Å². The molecular formula is C27H25N7O2. The molecule has 2 N–H and O–H groups in total. The number of anilines is 1. The fourth-order valence-electron chi connectivity index (χ4n) is 4.56. The van der Waals surface area contributed by atoms with Gasteiger partial charge < -0.3 is 19.9 Å². The molecule has 0 bridgehead atoms. The lowest BCUT2D eigenvalue weighted by Gasteiger charge is -2.29. The summed E-state index contributed by atoms with van der Waals surface area (Å²) in [5, 5.41) is 4.68.